The summed E-state index contributed by atoms with van der Waals surface area (Å²) in [4.78, 5) is 12.6. The van der Waals surface area contributed by atoms with Crippen LogP contribution < -0.4 is 15.9 Å². The van der Waals surface area contributed by atoms with Crippen LogP contribution in [0.15, 0.2) is 91.0 Å². The van der Waals surface area contributed by atoms with E-state index >= 15 is 0 Å². The summed E-state index contributed by atoms with van der Waals surface area (Å²) < 4.78 is 5.36. The number of ether oxygens (including phenoxy) is 1. The monoisotopic (exact) mass is 422 g/mol. The Morgan fingerprint density at radius 2 is 1.04 bits per heavy atom. The standard InChI is InChI=1S/C22H23O2P.2ClH/c1-2-24-22(23)18-25(19-12-6-3-7-13-19,20-14-8-4-9-15-20)21-16-10-5-11-17-21;;/h3-17,25H,2,18H2,1H3;2*1H. The minimum atomic E-state index is -2.50. The molecule has 0 saturated carbocycles. The van der Waals surface area contributed by atoms with Crippen LogP contribution in [0.2, 0.25) is 0 Å². The maximum atomic E-state index is 12.6. The molecule has 0 aromatic heterocycles. The van der Waals surface area contributed by atoms with E-state index in [1.807, 2.05) is 61.5 Å². The van der Waals surface area contributed by atoms with Gasteiger partial charge in [0, 0.05) is 0 Å². The van der Waals surface area contributed by atoms with Gasteiger partial charge in [0.25, 0.3) is 0 Å². The molecule has 0 bridgehead atoms. The molecule has 144 valence electrons. The number of hydrogen-bond acceptors (Lipinski definition) is 2. The zero-order valence-corrected chi connectivity index (χ0v) is 17.8. The Morgan fingerprint density at radius 1 is 0.704 bits per heavy atom. The van der Waals surface area contributed by atoms with Crippen molar-refractivity contribution in [2.75, 3.05) is 12.8 Å². The summed E-state index contributed by atoms with van der Waals surface area (Å²) in [7, 11) is -2.50. The van der Waals surface area contributed by atoms with Gasteiger partial charge in [-0.25, -0.2) is 0 Å². The first-order valence-corrected chi connectivity index (χ1v) is 10.8. The van der Waals surface area contributed by atoms with Gasteiger partial charge in [-0.05, 0) is 0 Å². The van der Waals surface area contributed by atoms with E-state index in [2.05, 4.69) is 36.4 Å². The number of benzene rings is 3. The Bertz CT molecular complexity index is 715. The third-order valence-corrected chi connectivity index (χ3v) is 9.29. The van der Waals surface area contributed by atoms with Gasteiger partial charge in [-0.1, -0.05) is 0 Å². The third-order valence-electron chi connectivity index (χ3n) is 4.51. The van der Waals surface area contributed by atoms with E-state index < -0.39 is 7.26 Å². The number of rotatable bonds is 6. The number of carbonyl (C=O) groups is 1. The Labute approximate surface area is 174 Å². The summed E-state index contributed by atoms with van der Waals surface area (Å²) in [5, 5.41) is 3.67. The molecule has 27 heavy (non-hydrogen) atoms. The van der Waals surface area contributed by atoms with Crippen molar-refractivity contribution < 1.29 is 9.53 Å². The minimum absolute atomic E-state index is 0. The van der Waals surface area contributed by atoms with Crippen molar-refractivity contribution in [3.63, 3.8) is 0 Å². The van der Waals surface area contributed by atoms with Crippen LogP contribution in [-0.4, -0.2) is 18.7 Å². The van der Waals surface area contributed by atoms with Crippen LogP contribution in [0.3, 0.4) is 0 Å². The predicted octanol–water partition coefficient (Wildman–Crippen LogP) is 4.12. The molecule has 0 unspecified atom stereocenters. The van der Waals surface area contributed by atoms with Crippen molar-refractivity contribution in [1.82, 2.24) is 0 Å². The summed E-state index contributed by atoms with van der Waals surface area (Å²) in [6, 6.07) is 31.2. The van der Waals surface area contributed by atoms with Gasteiger partial charge in [0.2, 0.25) is 0 Å². The van der Waals surface area contributed by atoms with Crippen molar-refractivity contribution >= 4 is 54.0 Å². The van der Waals surface area contributed by atoms with Crippen LogP contribution in [0.25, 0.3) is 0 Å². The molecular formula is C22H25Cl2O2P. The minimum Gasteiger partial charge on any atom is -0.147 e. The Balaban J connectivity index is 0.00000182. The zero-order valence-electron chi connectivity index (χ0n) is 15.2. The topological polar surface area (TPSA) is 26.3 Å². The second-order valence-corrected chi connectivity index (χ2v) is 9.88. The van der Waals surface area contributed by atoms with Crippen LogP contribution in [0, 0.1) is 0 Å². The van der Waals surface area contributed by atoms with E-state index in [1.165, 1.54) is 15.9 Å². The van der Waals surface area contributed by atoms with Gasteiger partial charge in [-0.15, -0.1) is 24.8 Å². The first-order chi connectivity index (χ1) is 12.3. The molecule has 2 nitrogen and oxygen atoms in total. The summed E-state index contributed by atoms with van der Waals surface area (Å²) in [5.41, 5.74) is 0. The second-order valence-electron chi connectivity index (χ2n) is 5.99. The molecule has 0 N–H and O–H groups in total. The van der Waals surface area contributed by atoms with Gasteiger partial charge in [0.05, 0.1) is 0 Å². The van der Waals surface area contributed by atoms with E-state index in [-0.39, 0.29) is 30.8 Å². The van der Waals surface area contributed by atoms with E-state index in [1.54, 1.807) is 0 Å². The molecular weight excluding hydrogens is 398 g/mol. The first-order valence-electron chi connectivity index (χ1n) is 8.59. The molecule has 5 heteroatoms. The Morgan fingerprint density at radius 3 is 1.33 bits per heavy atom. The second kappa shape index (κ2) is 11.1. The molecule has 0 atom stereocenters. The van der Waals surface area contributed by atoms with Crippen molar-refractivity contribution in [3.8, 4) is 0 Å². The zero-order chi connectivity index (χ0) is 17.5. The fourth-order valence-electron chi connectivity index (χ4n) is 3.40. The van der Waals surface area contributed by atoms with Crippen molar-refractivity contribution in [2.45, 2.75) is 6.92 Å². The van der Waals surface area contributed by atoms with Crippen LogP contribution in [-0.2, 0) is 9.53 Å². The SMILES string of the molecule is CCOC(=O)C[PH](c1ccccc1)(c1ccccc1)c1ccccc1.Cl.Cl. The van der Waals surface area contributed by atoms with Crippen molar-refractivity contribution in [1.29, 1.82) is 0 Å². The van der Waals surface area contributed by atoms with E-state index in [0.29, 0.717) is 12.8 Å². The first kappa shape index (κ1) is 23.2. The van der Waals surface area contributed by atoms with Gasteiger partial charge in [0.15, 0.2) is 0 Å². The van der Waals surface area contributed by atoms with E-state index in [4.69, 9.17) is 4.74 Å². The number of halogens is 2. The molecule has 0 fully saturated rings. The van der Waals surface area contributed by atoms with Gasteiger partial charge in [-0.2, -0.15) is 0 Å². The molecule has 0 aliphatic rings. The predicted molar refractivity (Wildman–Crippen MR) is 123 cm³/mol. The van der Waals surface area contributed by atoms with Crippen LogP contribution in [0.1, 0.15) is 6.92 Å². The fourth-order valence-corrected chi connectivity index (χ4v) is 7.83. The summed E-state index contributed by atoms with van der Waals surface area (Å²) in [6.45, 7) is 2.26. The molecule has 0 heterocycles. The number of esters is 1. The average molecular weight is 423 g/mol. The summed E-state index contributed by atoms with van der Waals surface area (Å²) in [6.07, 6.45) is 0.402. The molecule has 0 aliphatic carbocycles. The quantitative estimate of drug-likeness (QED) is 0.441. The Kier molecular flexibility index (Phi) is 9.52. The normalized spacial score (nSPS) is 10.9. The molecule has 0 amide bonds. The average Bonchev–Trinajstić information content (AvgIpc) is 2.68. The largest absolute Gasteiger partial charge is 0.147 e. The number of hydrogen-bond donors (Lipinski definition) is 0. The molecule has 3 rings (SSSR count). The molecule has 3 aromatic carbocycles. The fraction of sp³-hybridized carbons (Fsp3) is 0.136. The van der Waals surface area contributed by atoms with E-state index in [0.717, 1.165) is 0 Å². The molecule has 3 aromatic rings. The van der Waals surface area contributed by atoms with Crippen LogP contribution >= 0.6 is 32.1 Å². The number of carbonyl (C=O) groups excluding carboxylic acids is 1. The van der Waals surface area contributed by atoms with Gasteiger partial charge < -0.3 is 0 Å². The van der Waals surface area contributed by atoms with Crippen LogP contribution in [0.5, 0.6) is 0 Å². The smallest absolute Gasteiger partial charge is 0.147 e. The summed E-state index contributed by atoms with van der Waals surface area (Å²) in [5.74, 6) is -0.134. The van der Waals surface area contributed by atoms with Gasteiger partial charge in [-0.3, -0.25) is 0 Å². The molecule has 0 spiro atoms. The molecule has 0 aliphatic heterocycles. The summed E-state index contributed by atoms with van der Waals surface area (Å²) >= 11 is 0. The van der Waals surface area contributed by atoms with Crippen molar-refractivity contribution in [3.05, 3.63) is 91.0 Å². The van der Waals surface area contributed by atoms with Gasteiger partial charge in [0.1, 0.15) is 0 Å². The van der Waals surface area contributed by atoms with E-state index in [9.17, 15) is 4.79 Å². The van der Waals surface area contributed by atoms with Crippen molar-refractivity contribution in [2.24, 2.45) is 0 Å². The van der Waals surface area contributed by atoms with Crippen LogP contribution in [0.4, 0.5) is 0 Å². The Hall–Kier alpha value is -1.86. The third kappa shape index (κ3) is 5.11. The maximum Gasteiger partial charge on any atom is -0.147 e. The molecule has 0 saturated heterocycles. The molecule has 0 radical (unpaired) electrons. The van der Waals surface area contributed by atoms with Gasteiger partial charge >= 0.3 is 149 Å². The maximum absolute atomic E-state index is 12.6.